The monoisotopic (exact) mass is 195 g/mol. The van der Waals surface area contributed by atoms with E-state index in [2.05, 4.69) is 6.92 Å². The molecule has 0 aromatic carbocycles. The fraction of sp³-hybridized carbons (Fsp3) is 1.00. The van der Waals surface area contributed by atoms with Gasteiger partial charge in [0.15, 0.2) is 0 Å². The van der Waals surface area contributed by atoms with Gasteiger partial charge in [-0.2, -0.15) is 0 Å². The van der Waals surface area contributed by atoms with Gasteiger partial charge in [-0.25, -0.2) is 0 Å². The van der Waals surface area contributed by atoms with Gasteiger partial charge in [-0.1, -0.05) is 32.6 Å². The third-order valence-corrected chi connectivity index (χ3v) is 4.60. The fourth-order valence-corrected chi connectivity index (χ4v) is 3.14. The zero-order chi connectivity index (χ0) is 10.0. The molecule has 2 saturated carbocycles. The number of nitrogens with two attached hydrogens (primary N) is 1. The molecule has 0 spiro atoms. The minimum atomic E-state index is 0.233. The number of rotatable bonds is 3. The van der Waals surface area contributed by atoms with Crippen molar-refractivity contribution in [2.45, 2.75) is 70.3 Å². The van der Waals surface area contributed by atoms with E-state index in [1.54, 1.807) is 0 Å². The lowest BCUT2D eigenvalue weighted by Gasteiger charge is -2.41. The Morgan fingerprint density at radius 2 is 1.71 bits per heavy atom. The summed E-state index contributed by atoms with van der Waals surface area (Å²) in [6.07, 6.45) is 12.4. The molecule has 0 bridgehead atoms. The Labute approximate surface area is 88.4 Å². The van der Waals surface area contributed by atoms with Gasteiger partial charge in [0.25, 0.3) is 0 Å². The van der Waals surface area contributed by atoms with Crippen molar-refractivity contribution in [2.75, 3.05) is 0 Å². The molecule has 0 aromatic heterocycles. The van der Waals surface area contributed by atoms with Crippen molar-refractivity contribution < 1.29 is 0 Å². The van der Waals surface area contributed by atoms with Crippen LogP contribution in [0, 0.1) is 11.8 Å². The van der Waals surface area contributed by atoms with E-state index in [1.807, 2.05) is 0 Å². The maximum Gasteiger partial charge on any atom is 0.0157 e. The van der Waals surface area contributed by atoms with Crippen molar-refractivity contribution in [3.8, 4) is 0 Å². The van der Waals surface area contributed by atoms with Crippen LogP contribution in [0.15, 0.2) is 0 Å². The van der Waals surface area contributed by atoms with Gasteiger partial charge in [-0.3, -0.25) is 0 Å². The second kappa shape index (κ2) is 4.22. The summed E-state index contributed by atoms with van der Waals surface area (Å²) in [5.41, 5.74) is 6.72. The zero-order valence-corrected chi connectivity index (χ0v) is 9.60. The molecule has 0 heterocycles. The Morgan fingerprint density at radius 1 is 1.07 bits per heavy atom. The molecule has 1 nitrogen and oxygen atoms in total. The molecule has 2 fully saturated rings. The van der Waals surface area contributed by atoms with E-state index in [1.165, 1.54) is 57.8 Å². The smallest absolute Gasteiger partial charge is 0.0157 e. The normalized spacial score (nSPS) is 39.4. The summed E-state index contributed by atoms with van der Waals surface area (Å²) in [5.74, 6) is 1.96. The maximum atomic E-state index is 6.49. The van der Waals surface area contributed by atoms with Crippen LogP contribution in [0.25, 0.3) is 0 Å². The van der Waals surface area contributed by atoms with Gasteiger partial charge in [0.1, 0.15) is 0 Å². The van der Waals surface area contributed by atoms with Crippen LogP contribution < -0.4 is 5.73 Å². The van der Waals surface area contributed by atoms with Crippen molar-refractivity contribution in [1.29, 1.82) is 0 Å². The van der Waals surface area contributed by atoms with Gasteiger partial charge in [0.2, 0.25) is 0 Å². The van der Waals surface area contributed by atoms with Crippen LogP contribution in [0.1, 0.15) is 64.7 Å². The molecule has 0 atom stereocenters. The summed E-state index contributed by atoms with van der Waals surface area (Å²) >= 11 is 0. The Kier molecular flexibility index (Phi) is 3.16. The molecule has 2 N–H and O–H groups in total. The Bertz CT molecular complexity index is 176. The summed E-state index contributed by atoms with van der Waals surface area (Å²) < 4.78 is 0. The third-order valence-electron chi connectivity index (χ3n) is 4.60. The topological polar surface area (TPSA) is 26.0 Å². The van der Waals surface area contributed by atoms with E-state index < -0.39 is 0 Å². The average Bonchev–Trinajstić information content (AvgIpc) is 2.13. The molecule has 0 unspecified atom stereocenters. The summed E-state index contributed by atoms with van der Waals surface area (Å²) in [6.45, 7) is 2.32. The van der Waals surface area contributed by atoms with Gasteiger partial charge in [0, 0.05) is 5.54 Å². The van der Waals surface area contributed by atoms with Crippen molar-refractivity contribution in [2.24, 2.45) is 17.6 Å². The van der Waals surface area contributed by atoms with E-state index >= 15 is 0 Å². The van der Waals surface area contributed by atoms with Crippen molar-refractivity contribution in [1.82, 2.24) is 0 Å². The molecule has 2 aliphatic rings. The van der Waals surface area contributed by atoms with E-state index in [0.29, 0.717) is 0 Å². The molecule has 0 amide bonds. The summed E-state index contributed by atoms with van der Waals surface area (Å²) in [6, 6.07) is 0. The van der Waals surface area contributed by atoms with Crippen LogP contribution in [0.4, 0.5) is 0 Å². The highest BCUT2D eigenvalue weighted by Crippen LogP contribution is 2.40. The minimum absolute atomic E-state index is 0.233. The van der Waals surface area contributed by atoms with E-state index in [-0.39, 0.29) is 5.54 Å². The SMILES string of the molecule is CCC1CCC(N)(CC2CCC2)CC1. The first-order valence-corrected chi connectivity index (χ1v) is 6.51. The predicted molar refractivity (Wildman–Crippen MR) is 61.1 cm³/mol. The van der Waals surface area contributed by atoms with Crippen LogP contribution in [0.5, 0.6) is 0 Å². The van der Waals surface area contributed by atoms with Crippen molar-refractivity contribution >= 4 is 0 Å². The highest BCUT2D eigenvalue weighted by molar-refractivity contribution is 4.92. The molecule has 82 valence electrons. The van der Waals surface area contributed by atoms with Crippen LogP contribution in [0.2, 0.25) is 0 Å². The average molecular weight is 195 g/mol. The largest absolute Gasteiger partial charge is 0.325 e. The van der Waals surface area contributed by atoms with Gasteiger partial charge < -0.3 is 5.73 Å². The van der Waals surface area contributed by atoms with Gasteiger partial charge in [-0.05, 0) is 43.9 Å². The van der Waals surface area contributed by atoms with Crippen LogP contribution in [-0.2, 0) is 0 Å². The highest BCUT2D eigenvalue weighted by atomic mass is 14.7. The third kappa shape index (κ3) is 2.31. The summed E-state index contributed by atoms with van der Waals surface area (Å²) in [7, 11) is 0. The molecule has 0 aliphatic heterocycles. The summed E-state index contributed by atoms with van der Waals surface area (Å²) in [4.78, 5) is 0. The fourth-order valence-electron chi connectivity index (χ4n) is 3.14. The predicted octanol–water partition coefficient (Wildman–Crippen LogP) is 3.47. The Balaban J connectivity index is 1.78. The van der Waals surface area contributed by atoms with Crippen molar-refractivity contribution in [3.05, 3.63) is 0 Å². The van der Waals surface area contributed by atoms with Crippen LogP contribution in [0.3, 0.4) is 0 Å². The maximum absolute atomic E-state index is 6.49. The molecular formula is C13H25N. The van der Waals surface area contributed by atoms with Gasteiger partial charge >= 0.3 is 0 Å². The lowest BCUT2D eigenvalue weighted by molar-refractivity contribution is 0.158. The van der Waals surface area contributed by atoms with E-state index in [4.69, 9.17) is 5.73 Å². The molecular weight excluding hydrogens is 170 g/mol. The molecule has 14 heavy (non-hydrogen) atoms. The molecule has 2 rings (SSSR count). The van der Waals surface area contributed by atoms with Gasteiger partial charge in [-0.15, -0.1) is 0 Å². The molecule has 2 aliphatic carbocycles. The number of hydrogen-bond donors (Lipinski definition) is 1. The lowest BCUT2D eigenvalue weighted by Crippen LogP contribution is -2.45. The Morgan fingerprint density at radius 3 is 2.14 bits per heavy atom. The van der Waals surface area contributed by atoms with E-state index in [9.17, 15) is 0 Å². The van der Waals surface area contributed by atoms with E-state index in [0.717, 1.165) is 11.8 Å². The second-order valence-corrected chi connectivity index (χ2v) is 5.72. The van der Waals surface area contributed by atoms with Crippen LogP contribution >= 0.6 is 0 Å². The zero-order valence-electron chi connectivity index (χ0n) is 9.60. The summed E-state index contributed by atoms with van der Waals surface area (Å²) in [5, 5.41) is 0. The lowest BCUT2D eigenvalue weighted by atomic mass is 9.68. The molecule has 1 heteroatoms. The first-order chi connectivity index (χ1) is 6.72. The second-order valence-electron chi connectivity index (χ2n) is 5.72. The Hall–Kier alpha value is -0.0400. The quantitative estimate of drug-likeness (QED) is 0.733. The molecule has 0 radical (unpaired) electrons. The van der Waals surface area contributed by atoms with Crippen LogP contribution in [-0.4, -0.2) is 5.54 Å². The minimum Gasteiger partial charge on any atom is -0.325 e. The molecule has 0 saturated heterocycles. The molecule has 0 aromatic rings. The first-order valence-electron chi connectivity index (χ1n) is 6.51. The standard InChI is InChI=1S/C13H25N/c1-2-11-6-8-13(14,9-7-11)10-12-4-3-5-12/h11-12H,2-10,14H2,1H3. The van der Waals surface area contributed by atoms with Gasteiger partial charge in [0.05, 0.1) is 0 Å². The van der Waals surface area contributed by atoms with Crippen molar-refractivity contribution in [3.63, 3.8) is 0 Å². The first kappa shape index (κ1) is 10.5. The highest BCUT2D eigenvalue weighted by Gasteiger charge is 2.34. The number of hydrogen-bond acceptors (Lipinski definition) is 1.